The van der Waals surface area contributed by atoms with Crippen molar-refractivity contribution in [1.29, 1.82) is 0 Å². The van der Waals surface area contributed by atoms with Crippen LogP contribution in [0.15, 0.2) is 42.7 Å². The third-order valence-electron chi connectivity index (χ3n) is 3.46. The van der Waals surface area contributed by atoms with Crippen molar-refractivity contribution in [2.24, 2.45) is 0 Å². The zero-order chi connectivity index (χ0) is 16.1. The lowest BCUT2D eigenvalue weighted by atomic mass is 9.98. The molecule has 1 aliphatic heterocycles. The molecule has 2 aromatic rings. The van der Waals surface area contributed by atoms with Crippen LogP contribution < -0.4 is 10.6 Å². The molecule has 0 radical (unpaired) electrons. The van der Waals surface area contributed by atoms with Gasteiger partial charge in [0.05, 0.1) is 5.56 Å². The summed E-state index contributed by atoms with van der Waals surface area (Å²) in [7, 11) is 0. The number of nitrogens with zero attached hydrogens (tertiary/aromatic N) is 2. The van der Waals surface area contributed by atoms with Crippen LogP contribution in [0, 0.1) is 0 Å². The van der Waals surface area contributed by atoms with Crippen molar-refractivity contribution >= 4 is 17.8 Å². The fraction of sp³-hybridized carbons (Fsp3) is 0.250. The third-order valence-corrected chi connectivity index (χ3v) is 3.46. The first-order chi connectivity index (χ1) is 11.2. The van der Waals surface area contributed by atoms with Gasteiger partial charge in [0.15, 0.2) is 6.10 Å². The lowest BCUT2D eigenvalue weighted by molar-refractivity contribution is -0.130. The quantitative estimate of drug-likeness (QED) is 0.626. The number of cyclic esters (lactones) is 1. The van der Waals surface area contributed by atoms with Crippen LogP contribution >= 0.6 is 0 Å². The SMILES string of the molecule is O=C1O[C@H](C(=O)NCCNc2ncccn2)Cc2ccccc21. The molecule has 1 aliphatic rings. The molecule has 0 spiro atoms. The first-order valence-corrected chi connectivity index (χ1v) is 7.31. The molecule has 7 nitrogen and oxygen atoms in total. The van der Waals surface area contributed by atoms with Crippen molar-refractivity contribution in [2.75, 3.05) is 18.4 Å². The van der Waals surface area contributed by atoms with Crippen LogP contribution in [0.5, 0.6) is 0 Å². The van der Waals surface area contributed by atoms with Crippen LogP contribution in [0.3, 0.4) is 0 Å². The van der Waals surface area contributed by atoms with Crippen molar-refractivity contribution in [1.82, 2.24) is 15.3 Å². The van der Waals surface area contributed by atoms with Gasteiger partial charge in [-0.1, -0.05) is 18.2 Å². The van der Waals surface area contributed by atoms with E-state index >= 15 is 0 Å². The van der Waals surface area contributed by atoms with Crippen LogP contribution in [-0.2, 0) is 16.0 Å². The molecule has 1 atom stereocenters. The fourth-order valence-electron chi connectivity index (χ4n) is 2.34. The molecule has 1 aromatic carbocycles. The van der Waals surface area contributed by atoms with E-state index in [9.17, 15) is 9.59 Å². The summed E-state index contributed by atoms with van der Waals surface area (Å²) in [5.74, 6) is -0.258. The van der Waals surface area contributed by atoms with Crippen LogP contribution in [0.4, 0.5) is 5.95 Å². The molecule has 1 aromatic heterocycles. The molecule has 0 saturated heterocycles. The van der Waals surface area contributed by atoms with E-state index in [0.29, 0.717) is 31.0 Å². The number of anilines is 1. The molecule has 3 rings (SSSR count). The maximum absolute atomic E-state index is 12.1. The Balaban J connectivity index is 1.49. The predicted octanol–water partition coefficient (Wildman–Crippen LogP) is 0.786. The number of amides is 1. The average molecular weight is 312 g/mol. The number of carbonyl (C=O) groups is 2. The van der Waals surface area contributed by atoms with Gasteiger partial charge < -0.3 is 15.4 Å². The molecule has 1 amide bonds. The first kappa shape index (κ1) is 15.0. The molecular weight excluding hydrogens is 296 g/mol. The predicted molar refractivity (Wildman–Crippen MR) is 82.9 cm³/mol. The van der Waals surface area contributed by atoms with Crippen molar-refractivity contribution < 1.29 is 14.3 Å². The smallest absolute Gasteiger partial charge is 0.339 e. The van der Waals surface area contributed by atoms with Gasteiger partial charge in [-0.3, -0.25) is 4.79 Å². The molecule has 118 valence electrons. The highest BCUT2D eigenvalue weighted by Crippen LogP contribution is 2.20. The summed E-state index contributed by atoms with van der Waals surface area (Å²) in [6.07, 6.45) is 2.87. The summed E-state index contributed by atoms with van der Waals surface area (Å²) in [6.45, 7) is 0.861. The van der Waals surface area contributed by atoms with Gasteiger partial charge >= 0.3 is 5.97 Å². The van der Waals surface area contributed by atoms with E-state index in [1.54, 1.807) is 30.6 Å². The minimum atomic E-state index is -0.787. The molecule has 2 heterocycles. The number of fused-ring (bicyclic) bond motifs is 1. The molecule has 0 aliphatic carbocycles. The Labute approximate surface area is 133 Å². The zero-order valence-corrected chi connectivity index (χ0v) is 12.4. The number of benzene rings is 1. The van der Waals surface area contributed by atoms with E-state index in [1.807, 2.05) is 12.1 Å². The number of hydrogen-bond acceptors (Lipinski definition) is 6. The summed E-state index contributed by atoms with van der Waals surface area (Å²) >= 11 is 0. The van der Waals surface area contributed by atoms with Gasteiger partial charge in [-0.2, -0.15) is 0 Å². The Kier molecular flexibility index (Phi) is 4.46. The Morgan fingerprint density at radius 1 is 1.17 bits per heavy atom. The van der Waals surface area contributed by atoms with Crippen LogP contribution in [0.1, 0.15) is 15.9 Å². The number of nitrogens with one attached hydrogen (secondary N) is 2. The number of rotatable bonds is 5. The lowest BCUT2D eigenvalue weighted by Gasteiger charge is -2.23. The number of hydrogen-bond donors (Lipinski definition) is 2. The Morgan fingerprint density at radius 3 is 2.78 bits per heavy atom. The molecule has 23 heavy (non-hydrogen) atoms. The second-order valence-electron chi connectivity index (χ2n) is 5.05. The van der Waals surface area contributed by atoms with Gasteiger partial charge in [0.25, 0.3) is 5.91 Å². The maximum Gasteiger partial charge on any atom is 0.339 e. The topological polar surface area (TPSA) is 93.2 Å². The summed E-state index contributed by atoms with van der Waals surface area (Å²) < 4.78 is 5.19. The summed E-state index contributed by atoms with van der Waals surface area (Å²) in [6, 6.07) is 8.89. The Morgan fingerprint density at radius 2 is 1.96 bits per heavy atom. The van der Waals surface area contributed by atoms with Gasteiger partial charge in [0.1, 0.15) is 0 Å². The van der Waals surface area contributed by atoms with E-state index < -0.39 is 12.1 Å². The Hall–Kier alpha value is -2.96. The summed E-state index contributed by atoms with van der Waals surface area (Å²) in [4.78, 5) is 32.0. The number of esters is 1. The van der Waals surface area contributed by atoms with Crippen molar-refractivity contribution in [2.45, 2.75) is 12.5 Å². The average Bonchev–Trinajstić information content (AvgIpc) is 2.59. The van der Waals surface area contributed by atoms with E-state index in [2.05, 4.69) is 20.6 Å². The van der Waals surface area contributed by atoms with E-state index in [1.165, 1.54) is 0 Å². The molecule has 0 saturated carbocycles. The van der Waals surface area contributed by atoms with Gasteiger partial charge in [0.2, 0.25) is 5.95 Å². The van der Waals surface area contributed by atoms with E-state index in [4.69, 9.17) is 4.74 Å². The minimum Gasteiger partial charge on any atom is -0.448 e. The van der Waals surface area contributed by atoms with Crippen molar-refractivity contribution in [3.8, 4) is 0 Å². The second-order valence-corrected chi connectivity index (χ2v) is 5.05. The first-order valence-electron chi connectivity index (χ1n) is 7.31. The number of carbonyl (C=O) groups excluding carboxylic acids is 2. The largest absolute Gasteiger partial charge is 0.448 e. The molecular formula is C16H16N4O3. The monoisotopic (exact) mass is 312 g/mol. The number of aromatic nitrogens is 2. The van der Waals surface area contributed by atoms with Crippen LogP contribution in [0.25, 0.3) is 0 Å². The normalized spacial score (nSPS) is 16.2. The highest BCUT2D eigenvalue weighted by molar-refractivity contribution is 5.95. The van der Waals surface area contributed by atoms with Gasteiger partial charge in [0, 0.05) is 31.9 Å². The van der Waals surface area contributed by atoms with Gasteiger partial charge in [-0.25, -0.2) is 14.8 Å². The van der Waals surface area contributed by atoms with Gasteiger partial charge in [-0.05, 0) is 17.7 Å². The van der Waals surface area contributed by atoms with E-state index in [-0.39, 0.29) is 5.91 Å². The highest BCUT2D eigenvalue weighted by atomic mass is 16.5. The molecule has 7 heteroatoms. The minimum absolute atomic E-state index is 0.302. The van der Waals surface area contributed by atoms with Crippen LogP contribution in [0.2, 0.25) is 0 Å². The molecule has 2 N–H and O–H groups in total. The lowest BCUT2D eigenvalue weighted by Crippen LogP contribution is -2.43. The van der Waals surface area contributed by atoms with Crippen LogP contribution in [-0.4, -0.2) is 41.0 Å². The van der Waals surface area contributed by atoms with E-state index in [0.717, 1.165) is 5.56 Å². The summed E-state index contributed by atoms with van der Waals surface area (Å²) in [5, 5.41) is 5.72. The molecule has 0 fully saturated rings. The van der Waals surface area contributed by atoms with Gasteiger partial charge in [-0.15, -0.1) is 0 Å². The third kappa shape index (κ3) is 3.63. The zero-order valence-electron chi connectivity index (χ0n) is 12.4. The fourth-order valence-corrected chi connectivity index (χ4v) is 2.34. The Bertz CT molecular complexity index is 705. The molecule has 0 unspecified atom stereocenters. The second kappa shape index (κ2) is 6.87. The summed E-state index contributed by atoms with van der Waals surface area (Å²) in [5.41, 5.74) is 1.36. The van der Waals surface area contributed by atoms with Crippen molar-refractivity contribution in [3.05, 3.63) is 53.9 Å². The molecule has 0 bridgehead atoms. The standard InChI is InChI=1S/C16H16N4O3/c21-14(17-8-9-20-16-18-6-3-7-19-16)13-10-11-4-1-2-5-12(11)15(22)23-13/h1-7,13H,8-10H2,(H,17,21)(H,18,19,20)/t13-/m0/s1. The van der Waals surface area contributed by atoms with Crippen molar-refractivity contribution in [3.63, 3.8) is 0 Å². The number of ether oxygens (including phenoxy) is 1. The maximum atomic E-state index is 12.1. The highest BCUT2D eigenvalue weighted by Gasteiger charge is 2.30.